The molecule has 0 unspecified atom stereocenters. The van der Waals surface area contributed by atoms with E-state index in [1.807, 2.05) is 18.2 Å². The average molecular weight is 298 g/mol. The molecule has 1 atom stereocenters. The smallest absolute Gasteiger partial charge is 0.123 e. The third-order valence-electron chi connectivity index (χ3n) is 3.95. The number of nitrogens with zero attached hydrogens (tertiary/aromatic N) is 1. The maximum atomic E-state index is 13.1. The summed E-state index contributed by atoms with van der Waals surface area (Å²) in [4.78, 5) is 4.78. The van der Waals surface area contributed by atoms with Crippen LogP contribution in [0.25, 0.3) is 21.3 Å². The van der Waals surface area contributed by atoms with Crippen molar-refractivity contribution >= 4 is 21.6 Å². The molecule has 0 amide bonds. The number of hydrogen-bond donors (Lipinski definition) is 1. The van der Waals surface area contributed by atoms with Crippen molar-refractivity contribution in [1.29, 1.82) is 0 Å². The van der Waals surface area contributed by atoms with Crippen molar-refractivity contribution in [2.45, 2.75) is 18.9 Å². The minimum atomic E-state index is -0.203. The summed E-state index contributed by atoms with van der Waals surface area (Å²) in [6.45, 7) is 1.07. The molecule has 1 N–H and O–H groups in total. The summed E-state index contributed by atoms with van der Waals surface area (Å²) in [6, 6.07) is 13.2. The van der Waals surface area contributed by atoms with E-state index in [1.165, 1.54) is 23.3 Å². The van der Waals surface area contributed by atoms with E-state index >= 15 is 0 Å². The molecular weight excluding hydrogens is 283 g/mol. The first-order valence-corrected chi connectivity index (χ1v) is 8.02. The van der Waals surface area contributed by atoms with Crippen molar-refractivity contribution in [3.05, 3.63) is 53.3 Å². The maximum Gasteiger partial charge on any atom is 0.123 e. The monoisotopic (exact) mass is 298 g/mol. The Kier molecular flexibility index (Phi) is 3.20. The molecule has 4 heteroatoms. The Morgan fingerprint density at radius 3 is 2.76 bits per heavy atom. The quantitative estimate of drug-likeness (QED) is 0.752. The molecule has 2 heterocycles. The molecule has 2 nitrogen and oxygen atoms in total. The third kappa shape index (κ3) is 2.34. The van der Waals surface area contributed by atoms with E-state index < -0.39 is 0 Å². The second kappa shape index (κ2) is 5.20. The largest absolute Gasteiger partial charge is 0.308 e. The first-order chi connectivity index (χ1) is 10.3. The predicted octanol–water partition coefficient (Wildman–Crippen LogP) is 4.53. The van der Waals surface area contributed by atoms with Crippen molar-refractivity contribution < 1.29 is 4.39 Å². The van der Waals surface area contributed by atoms with Crippen LogP contribution in [0.15, 0.2) is 42.5 Å². The Morgan fingerprint density at radius 1 is 1.14 bits per heavy atom. The van der Waals surface area contributed by atoms with Crippen LogP contribution in [-0.4, -0.2) is 11.5 Å². The van der Waals surface area contributed by atoms with Gasteiger partial charge in [0.05, 0.1) is 16.3 Å². The van der Waals surface area contributed by atoms with Gasteiger partial charge in [0.25, 0.3) is 0 Å². The average Bonchev–Trinajstić information content (AvgIpc) is 3.16. The van der Waals surface area contributed by atoms with E-state index in [4.69, 9.17) is 4.98 Å². The van der Waals surface area contributed by atoms with E-state index in [0.717, 1.165) is 34.6 Å². The van der Waals surface area contributed by atoms with Gasteiger partial charge < -0.3 is 5.32 Å². The van der Waals surface area contributed by atoms with Gasteiger partial charge in [-0.05, 0) is 43.1 Å². The first kappa shape index (κ1) is 12.9. The Bertz CT molecular complexity index is 773. The van der Waals surface area contributed by atoms with Gasteiger partial charge in [0.2, 0.25) is 0 Å². The van der Waals surface area contributed by atoms with Gasteiger partial charge in [-0.25, -0.2) is 9.37 Å². The standard InChI is InChI=1S/C17H15FN2S/c18-12-8-6-11(7-9-12)13-3-1-4-14-16(13)21-17(20-14)15-5-2-10-19-15/h1,3-4,6-9,15,19H,2,5,10H2/t15-/m0/s1. The van der Waals surface area contributed by atoms with Gasteiger partial charge in [0, 0.05) is 5.56 Å². The van der Waals surface area contributed by atoms with Crippen molar-refractivity contribution in [3.8, 4) is 11.1 Å². The highest BCUT2D eigenvalue weighted by Gasteiger charge is 2.20. The second-order valence-electron chi connectivity index (χ2n) is 5.36. The molecular formula is C17H15FN2S. The lowest BCUT2D eigenvalue weighted by molar-refractivity contribution is 0.628. The summed E-state index contributed by atoms with van der Waals surface area (Å²) >= 11 is 1.75. The van der Waals surface area contributed by atoms with Gasteiger partial charge in [-0.2, -0.15) is 0 Å². The molecule has 0 spiro atoms. The lowest BCUT2D eigenvalue weighted by Crippen LogP contribution is -2.12. The van der Waals surface area contributed by atoms with Gasteiger partial charge in [0.15, 0.2) is 0 Å². The van der Waals surface area contributed by atoms with Crippen LogP contribution >= 0.6 is 11.3 Å². The lowest BCUT2D eigenvalue weighted by Gasteiger charge is -2.04. The highest BCUT2D eigenvalue weighted by molar-refractivity contribution is 7.19. The molecule has 4 rings (SSSR count). The van der Waals surface area contributed by atoms with E-state index in [2.05, 4.69) is 17.4 Å². The molecule has 2 aromatic carbocycles. The van der Waals surface area contributed by atoms with Gasteiger partial charge in [-0.15, -0.1) is 11.3 Å². The van der Waals surface area contributed by atoms with Gasteiger partial charge in [-0.3, -0.25) is 0 Å². The predicted molar refractivity (Wildman–Crippen MR) is 85.0 cm³/mol. The first-order valence-electron chi connectivity index (χ1n) is 7.20. The molecule has 1 aromatic heterocycles. The van der Waals surface area contributed by atoms with E-state index in [9.17, 15) is 4.39 Å². The van der Waals surface area contributed by atoms with E-state index in [1.54, 1.807) is 11.3 Å². The fourth-order valence-electron chi connectivity index (χ4n) is 2.87. The fourth-order valence-corrected chi connectivity index (χ4v) is 4.08. The van der Waals surface area contributed by atoms with Crippen LogP contribution in [0, 0.1) is 5.82 Å². The van der Waals surface area contributed by atoms with Crippen molar-refractivity contribution in [1.82, 2.24) is 10.3 Å². The number of aromatic nitrogens is 1. The molecule has 21 heavy (non-hydrogen) atoms. The minimum Gasteiger partial charge on any atom is -0.308 e. The van der Waals surface area contributed by atoms with Crippen LogP contribution in [0.5, 0.6) is 0 Å². The summed E-state index contributed by atoms with van der Waals surface area (Å²) in [5, 5.41) is 4.66. The zero-order valence-electron chi connectivity index (χ0n) is 11.5. The molecule has 3 aromatic rings. The molecule has 0 saturated carbocycles. The normalized spacial score (nSPS) is 18.4. The summed E-state index contributed by atoms with van der Waals surface area (Å²) < 4.78 is 14.3. The maximum absolute atomic E-state index is 13.1. The molecule has 1 aliphatic heterocycles. The van der Waals surface area contributed by atoms with Crippen LogP contribution in [0.2, 0.25) is 0 Å². The summed E-state index contributed by atoms with van der Waals surface area (Å²) in [5.41, 5.74) is 3.20. The number of nitrogens with one attached hydrogen (secondary N) is 1. The number of hydrogen-bond acceptors (Lipinski definition) is 3. The highest BCUT2D eigenvalue weighted by Crippen LogP contribution is 2.36. The Hall–Kier alpha value is -1.78. The molecule has 106 valence electrons. The molecule has 1 saturated heterocycles. The zero-order chi connectivity index (χ0) is 14.2. The minimum absolute atomic E-state index is 0.203. The van der Waals surface area contributed by atoms with Crippen LogP contribution in [0.4, 0.5) is 4.39 Å². The van der Waals surface area contributed by atoms with Crippen molar-refractivity contribution in [2.75, 3.05) is 6.54 Å². The fraction of sp³-hybridized carbons (Fsp3) is 0.235. The van der Waals surface area contributed by atoms with Crippen LogP contribution in [0.3, 0.4) is 0 Å². The number of thiazole rings is 1. The SMILES string of the molecule is Fc1ccc(-c2cccc3nc([C@@H]4CCCN4)sc23)cc1. The molecule has 1 fully saturated rings. The van der Waals surface area contributed by atoms with E-state index in [0.29, 0.717) is 6.04 Å². The summed E-state index contributed by atoms with van der Waals surface area (Å²) in [5.74, 6) is -0.203. The topological polar surface area (TPSA) is 24.9 Å². The number of rotatable bonds is 2. The van der Waals surface area contributed by atoms with Crippen molar-refractivity contribution in [2.24, 2.45) is 0 Å². The van der Waals surface area contributed by atoms with Gasteiger partial charge in [0.1, 0.15) is 10.8 Å². The highest BCUT2D eigenvalue weighted by atomic mass is 32.1. The lowest BCUT2D eigenvalue weighted by atomic mass is 10.1. The summed E-state index contributed by atoms with van der Waals surface area (Å²) in [7, 11) is 0. The Morgan fingerprint density at radius 2 is 2.00 bits per heavy atom. The number of benzene rings is 2. The number of fused-ring (bicyclic) bond motifs is 1. The Balaban J connectivity index is 1.83. The molecule has 0 radical (unpaired) electrons. The van der Waals surface area contributed by atoms with Crippen LogP contribution in [-0.2, 0) is 0 Å². The van der Waals surface area contributed by atoms with Gasteiger partial charge in [-0.1, -0.05) is 24.3 Å². The van der Waals surface area contributed by atoms with Crippen LogP contribution in [0.1, 0.15) is 23.9 Å². The molecule has 0 bridgehead atoms. The summed E-state index contributed by atoms with van der Waals surface area (Å²) in [6.07, 6.45) is 2.37. The number of halogens is 1. The van der Waals surface area contributed by atoms with Crippen LogP contribution < -0.4 is 5.32 Å². The zero-order valence-corrected chi connectivity index (χ0v) is 12.3. The molecule has 1 aliphatic rings. The van der Waals surface area contributed by atoms with E-state index in [-0.39, 0.29) is 5.82 Å². The third-order valence-corrected chi connectivity index (χ3v) is 5.16. The Labute approximate surface area is 126 Å². The second-order valence-corrected chi connectivity index (χ2v) is 6.39. The van der Waals surface area contributed by atoms with Crippen molar-refractivity contribution in [3.63, 3.8) is 0 Å². The van der Waals surface area contributed by atoms with Gasteiger partial charge >= 0.3 is 0 Å². The molecule has 0 aliphatic carbocycles.